The van der Waals surface area contributed by atoms with Gasteiger partial charge in [0, 0.05) is 0 Å². The van der Waals surface area contributed by atoms with Crippen molar-refractivity contribution in [2.24, 2.45) is 5.92 Å². The lowest BCUT2D eigenvalue weighted by molar-refractivity contribution is -0.141. The van der Waals surface area contributed by atoms with Crippen LogP contribution in [0.4, 0.5) is 0 Å². The summed E-state index contributed by atoms with van der Waals surface area (Å²) in [6.45, 7) is 1.70. The lowest BCUT2D eigenvalue weighted by Crippen LogP contribution is -2.08. The Balaban J connectivity index is 3.38. The molecule has 0 saturated carbocycles. The van der Waals surface area contributed by atoms with E-state index < -0.39 is 5.97 Å². The first-order valence-electron chi connectivity index (χ1n) is 3.67. The van der Waals surface area contributed by atoms with Crippen molar-refractivity contribution in [1.29, 1.82) is 0 Å². The van der Waals surface area contributed by atoms with Gasteiger partial charge in [0.25, 0.3) is 0 Å². The molecule has 1 atom stereocenters. The molecule has 0 aromatic heterocycles. The van der Waals surface area contributed by atoms with Gasteiger partial charge in [0.05, 0.1) is 12.5 Å². The smallest absolute Gasteiger partial charge is 0.306 e. The van der Waals surface area contributed by atoms with E-state index in [1.54, 1.807) is 19.1 Å². The number of rotatable bonds is 5. The fourth-order valence-corrected chi connectivity index (χ4v) is 0.662. The van der Waals surface area contributed by atoms with Crippen LogP contribution in [-0.2, 0) is 4.79 Å². The minimum absolute atomic E-state index is 0.0292. The van der Waals surface area contributed by atoms with Crippen LogP contribution >= 0.6 is 0 Å². The van der Waals surface area contributed by atoms with E-state index in [4.69, 9.17) is 10.2 Å². The van der Waals surface area contributed by atoms with Gasteiger partial charge in [-0.05, 0) is 12.8 Å². The van der Waals surface area contributed by atoms with Crippen molar-refractivity contribution in [3.8, 4) is 0 Å². The second-order valence-electron chi connectivity index (χ2n) is 2.47. The van der Waals surface area contributed by atoms with Gasteiger partial charge >= 0.3 is 5.97 Å². The third kappa shape index (κ3) is 5.61. The third-order valence-corrected chi connectivity index (χ3v) is 1.46. The van der Waals surface area contributed by atoms with Gasteiger partial charge in [0.15, 0.2) is 0 Å². The molecule has 0 bridgehead atoms. The Labute approximate surface area is 66.4 Å². The van der Waals surface area contributed by atoms with Crippen molar-refractivity contribution >= 4 is 5.97 Å². The van der Waals surface area contributed by atoms with Crippen LogP contribution in [0.15, 0.2) is 12.2 Å². The number of carbonyl (C=O) groups is 1. The van der Waals surface area contributed by atoms with E-state index in [9.17, 15) is 4.79 Å². The monoisotopic (exact) mass is 158 g/mol. The van der Waals surface area contributed by atoms with E-state index >= 15 is 0 Å². The molecule has 0 aliphatic heterocycles. The molecule has 0 aliphatic rings. The van der Waals surface area contributed by atoms with Crippen molar-refractivity contribution < 1.29 is 15.0 Å². The summed E-state index contributed by atoms with van der Waals surface area (Å²) >= 11 is 0. The molecule has 3 heteroatoms. The summed E-state index contributed by atoms with van der Waals surface area (Å²) in [4.78, 5) is 10.3. The maximum Gasteiger partial charge on any atom is 0.306 e. The van der Waals surface area contributed by atoms with Gasteiger partial charge in [-0.1, -0.05) is 19.1 Å². The molecule has 11 heavy (non-hydrogen) atoms. The molecule has 1 unspecified atom stereocenters. The zero-order valence-corrected chi connectivity index (χ0v) is 6.66. The quantitative estimate of drug-likeness (QED) is 0.588. The van der Waals surface area contributed by atoms with Crippen LogP contribution in [-0.4, -0.2) is 22.8 Å². The molecule has 0 radical (unpaired) electrons. The molecule has 0 aromatic carbocycles. The SMILES string of the molecule is CC(CCC=CCO)C(=O)O. The molecule has 64 valence electrons. The van der Waals surface area contributed by atoms with Crippen LogP contribution < -0.4 is 0 Å². The predicted octanol–water partition coefficient (Wildman–Crippen LogP) is 1.04. The molecular formula is C8H14O3. The maximum atomic E-state index is 10.3. The molecular weight excluding hydrogens is 144 g/mol. The second-order valence-corrected chi connectivity index (χ2v) is 2.47. The van der Waals surface area contributed by atoms with Gasteiger partial charge in [-0.3, -0.25) is 4.79 Å². The molecule has 0 amide bonds. The molecule has 2 N–H and O–H groups in total. The van der Waals surface area contributed by atoms with Crippen molar-refractivity contribution in [3.05, 3.63) is 12.2 Å². The van der Waals surface area contributed by atoms with Crippen molar-refractivity contribution in [2.45, 2.75) is 19.8 Å². The van der Waals surface area contributed by atoms with Crippen molar-refractivity contribution in [2.75, 3.05) is 6.61 Å². The Kier molecular flexibility index (Phi) is 5.47. The highest BCUT2D eigenvalue weighted by atomic mass is 16.4. The van der Waals surface area contributed by atoms with Crippen LogP contribution in [0.2, 0.25) is 0 Å². The van der Waals surface area contributed by atoms with E-state index in [0.717, 1.165) is 0 Å². The fourth-order valence-electron chi connectivity index (χ4n) is 0.662. The van der Waals surface area contributed by atoms with Gasteiger partial charge < -0.3 is 10.2 Å². The number of allylic oxidation sites excluding steroid dienone is 1. The molecule has 3 nitrogen and oxygen atoms in total. The summed E-state index contributed by atoms with van der Waals surface area (Å²) in [5, 5.41) is 16.8. The van der Waals surface area contributed by atoms with Crippen molar-refractivity contribution in [3.63, 3.8) is 0 Å². The van der Waals surface area contributed by atoms with Gasteiger partial charge in [0.2, 0.25) is 0 Å². The van der Waals surface area contributed by atoms with Gasteiger partial charge in [0.1, 0.15) is 0 Å². The standard InChI is InChI=1S/C8H14O3/c1-7(8(10)11)5-3-2-4-6-9/h2,4,7,9H,3,5-6H2,1H3,(H,10,11). The molecule has 0 rings (SSSR count). The van der Waals surface area contributed by atoms with E-state index in [2.05, 4.69) is 0 Å². The Morgan fingerprint density at radius 3 is 2.64 bits per heavy atom. The Hall–Kier alpha value is -0.830. The second kappa shape index (κ2) is 5.92. The van der Waals surface area contributed by atoms with Gasteiger partial charge in [-0.15, -0.1) is 0 Å². The highest BCUT2D eigenvalue weighted by Crippen LogP contribution is 2.05. The van der Waals surface area contributed by atoms with E-state index in [1.807, 2.05) is 0 Å². The Bertz CT molecular complexity index is 140. The average molecular weight is 158 g/mol. The lowest BCUT2D eigenvalue weighted by Gasteiger charge is -2.01. The zero-order chi connectivity index (χ0) is 8.69. The van der Waals surface area contributed by atoms with Crippen LogP contribution in [0.5, 0.6) is 0 Å². The summed E-state index contributed by atoms with van der Waals surface area (Å²) in [6.07, 6.45) is 4.76. The first kappa shape index (κ1) is 10.2. The lowest BCUT2D eigenvalue weighted by atomic mass is 10.1. The van der Waals surface area contributed by atoms with Crippen LogP contribution in [0.25, 0.3) is 0 Å². The minimum Gasteiger partial charge on any atom is -0.481 e. The first-order chi connectivity index (χ1) is 5.18. The highest BCUT2D eigenvalue weighted by Gasteiger charge is 2.07. The fraction of sp³-hybridized carbons (Fsp3) is 0.625. The molecule has 0 saturated heterocycles. The number of carboxylic acid groups (broad SMARTS) is 1. The largest absolute Gasteiger partial charge is 0.481 e. The topological polar surface area (TPSA) is 57.5 Å². The summed E-state index contributed by atoms with van der Waals surface area (Å²) in [6, 6.07) is 0. The van der Waals surface area contributed by atoms with Crippen LogP contribution in [0.1, 0.15) is 19.8 Å². The minimum atomic E-state index is -0.762. The molecule has 0 spiro atoms. The number of carboxylic acids is 1. The third-order valence-electron chi connectivity index (χ3n) is 1.46. The predicted molar refractivity (Wildman–Crippen MR) is 42.3 cm³/mol. The number of aliphatic hydroxyl groups excluding tert-OH is 1. The van der Waals surface area contributed by atoms with E-state index in [-0.39, 0.29) is 12.5 Å². The number of hydrogen-bond acceptors (Lipinski definition) is 2. The molecule has 0 heterocycles. The average Bonchev–Trinajstić information content (AvgIpc) is 1.97. The Morgan fingerprint density at radius 2 is 2.18 bits per heavy atom. The Morgan fingerprint density at radius 1 is 1.55 bits per heavy atom. The summed E-state index contributed by atoms with van der Waals surface area (Å²) < 4.78 is 0. The molecule has 0 aliphatic carbocycles. The summed E-state index contributed by atoms with van der Waals surface area (Å²) in [7, 11) is 0. The number of aliphatic carboxylic acids is 1. The van der Waals surface area contributed by atoms with Gasteiger partial charge in [-0.25, -0.2) is 0 Å². The highest BCUT2D eigenvalue weighted by molar-refractivity contribution is 5.69. The van der Waals surface area contributed by atoms with Gasteiger partial charge in [-0.2, -0.15) is 0 Å². The maximum absolute atomic E-state index is 10.3. The van der Waals surface area contributed by atoms with Crippen LogP contribution in [0.3, 0.4) is 0 Å². The molecule has 0 aromatic rings. The number of aliphatic hydroxyl groups is 1. The molecule has 0 fully saturated rings. The summed E-state index contributed by atoms with van der Waals surface area (Å²) in [5.41, 5.74) is 0. The van der Waals surface area contributed by atoms with E-state index in [1.165, 1.54) is 0 Å². The van der Waals surface area contributed by atoms with Crippen molar-refractivity contribution in [1.82, 2.24) is 0 Å². The first-order valence-corrected chi connectivity index (χ1v) is 3.67. The summed E-state index contributed by atoms with van der Waals surface area (Å²) in [5.74, 6) is -1.05. The van der Waals surface area contributed by atoms with Crippen LogP contribution in [0, 0.1) is 5.92 Å². The normalized spacial score (nSPS) is 13.6. The van der Waals surface area contributed by atoms with E-state index in [0.29, 0.717) is 12.8 Å². The zero-order valence-electron chi connectivity index (χ0n) is 6.66. The number of hydrogen-bond donors (Lipinski definition) is 2.